The molecule has 0 aliphatic carbocycles. The van der Waals surface area contributed by atoms with E-state index in [1.807, 2.05) is 0 Å². The third kappa shape index (κ3) is 4.46. The smallest absolute Gasteiger partial charge is 0.319 e. The van der Waals surface area contributed by atoms with Crippen molar-refractivity contribution in [3.05, 3.63) is 52.8 Å². The van der Waals surface area contributed by atoms with Gasteiger partial charge >= 0.3 is 6.01 Å². The van der Waals surface area contributed by atoms with Crippen LogP contribution in [0.3, 0.4) is 0 Å². The van der Waals surface area contributed by atoms with Gasteiger partial charge in [-0.2, -0.15) is 9.97 Å². The van der Waals surface area contributed by atoms with Gasteiger partial charge in [0.25, 0.3) is 0 Å². The van der Waals surface area contributed by atoms with E-state index in [0.29, 0.717) is 63.2 Å². The summed E-state index contributed by atoms with van der Waals surface area (Å²) in [5.74, 6) is -0.480. The molecule has 6 heterocycles. The summed E-state index contributed by atoms with van der Waals surface area (Å²) < 4.78 is 51.5. The number of nitrogens with zero attached hydrogens (tertiary/aromatic N) is 4. The molecule has 43 heavy (non-hydrogen) atoms. The molecule has 0 radical (unpaired) electrons. The van der Waals surface area contributed by atoms with Crippen molar-refractivity contribution in [2.75, 3.05) is 43.4 Å². The third-order valence-corrected chi connectivity index (χ3v) is 10.9. The number of benzene rings is 2. The molecule has 0 saturated carbocycles. The fraction of sp³-hybridized carbons (Fsp3) is 0.419. The first-order valence-electron chi connectivity index (χ1n) is 14.7. The summed E-state index contributed by atoms with van der Waals surface area (Å²) in [6.07, 6.45) is 5.32. The van der Waals surface area contributed by atoms with Gasteiger partial charge in [0.2, 0.25) is 0 Å². The Morgan fingerprint density at radius 2 is 1.98 bits per heavy atom. The maximum atomic E-state index is 16.8. The van der Waals surface area contributed by atoms with Crippen LogP contribution in [-0.4, -0.2) is 65.3 Å². The topological polar surface area (TPSA) is 79.5 Å². The van der Waals surface area contributed by atoms with E-state index in [2.05, 4.69) is 20.1 Å². The number of nitrogens with two attached hydrogens (primary N) is 1. The molecule has 224 valence electrons. The summed E-state index contributed by atoms with van der Waals surface area (Å²) in [5, 5.41) is 5.21. The zero-order chi connectivity index (χ0) is 29.5. The first kappa shape index (κ1) is 27.4. The van der Waals surface area contributed by atoms with E-state index in [0.717, 1.165) is 62.2 Å². The highest BCUT2D eigenvalue weighted by Gasteiger charge is 2.47. The summed E-state index contributed by atoms with van der Waals surface area (Å²) >= 11 is 7.93. The predicted molar refractivity (Wildman–Crippen MR) is 165 cm³/mol. The van der Waals surface area contributed by atoms with Crippen molar-refractivity contribution in [3.63, 3.8) is 0 Å². The van der Waals surface area contributed by atoms with Gasteiger partial charge in [-0.3, -0.25) is 4.90 Å². The summed E-state index contributed by atoms with van der Waals surface area (Å²) in [6, 6.07) is 6.89. The molecular formula is C31H30ClF3N6OS. The van der Waals surface area contributed by atoms with Crippen molar-refractivity contribution in [1.82, 2.24) is 20.2 Å². The molecule has 0 amide bonds. The molecule has 12 heteroatoms. The number of fused-ring (bicyclic) bond motifs is 5. The lowest BCUT2D eigenvalue weighted by Crippen LogP contribution is -2.51. The fourth-order valence-corrected chi connectivity index (χ4v) is 8.81. The highest BCUT2D eigenvalue weighted by Crippen LogP contribution is 2.45. The standard InChI is InChI=1S/C31H30ClF3N6OS/c32-22-8-21-27(26(35)25(22)19-4-5-23(34)28-20(19)9-24(36)43-28)38-30(39-29(21)40-13-17-2-3-18(14-40)37-17)42-15-31-6-1-7-41(31)12-16(10-31)11-33/h4-5,8-9,11,17-18,37H,1-3,6-7,10,12-15,36H2/b16-11-/t17-,18+,31?. The van der Waals surface area contributed by atoms with E-state index in [4.69, 9.17) is 27.1 Å². The van der Waals surface area contributed by atoms with Gasteiger partial charge in [0.15, 0.2) is 5.82 Å². The SMILES string of the molecule is Nc1cc2c(-c3c(Cl)cc4c(N5C[C@H]6CC[C@@H](C5)N6)nc(OCC56CCCN5C/C(=C\F)C6)nc4c3F)ccc(F)c2s1. The minimum Gasteiger partial charge on any atom is -0.461 e. The van der Waals surface area contributed by atoms with Gasteiger partial charge in [-0.1, -0.05) is 17.7 Å². The van der Waals surface area contributed by atoms with Crippen LogP contribution in [0.4, 0.5) is 24.0 Å². The van der Waals surface area contributed by atoms with Crippen LogP contribution in [0.25, 0.3) is 32.1 Å². The van der Waals surface area contributed by atoms with Crippen LogP contribution in [0.15, 0.2) is 36.2 Å². The van der Waals surface area contributed by atoms with E-state index in [9.17, 15) is 8.78 Å². The number of thiophene rings is 1. The number of piperazine rings is 1. The monoisotopic (exact) mass is 626 g/mol. The molecule has 0 spiro atoms. The molecule has 2 aromatic carbocycles. The van der Waals surface area contributed by atoms with Crippen molar-refractivity contribution >= 4 is 54.7 Å². The number of anilines is 2. The highest BCUT2D eigenvalue weighted by molar-refractivity contribution is 7.22. The number of hydrogen-bond acceptors (Lipinski definition) is 8. The van der Waals surface area contributed by atoms with E-state index < -0.39 is 11.6 Å². The number of rotatable bonds is 5. The van der Waals surface area contributed by atoms with E-state index in [1.165, 1.54) is 12.1 Å². The van der Waals surface area contributed by atoms with Crippen LogP contribution in [0.5, 0.6) is 6.01 Å². The Kier molecular flexibility index (Phi) is 6.52. The largest absolute Gasteiger partial charge is 0.461 e. The molecule has 2 aromatic heterocycles. The minimum absolute atomic E-state index is 0.0727. The van der Waals surface area contributed by atoms with Gasteiger partial charge in [0, 0.05) is 48.1 Å². The molecule has 4 fully saturated rings. The Morgan fingerprint density at radius 3 is 2.77 bits per heavy atom. The fourth-order valence-electron chi connectivity index (χ4n) is 7.66. The Balaban J connectivity index is 1.26. The number of ether oxygens (including phenoxy) is 1. The zero-order valence-electron chi connectivity index (χ0n) is 23.3. The molecule has 1 unspecified atom stereocenters. The highest BCUT2D eigenvalue weighted by atomic mass is 35.5. The quantitative estimate of drug-likeness (QED) is 0.264. The number of halogens is 4. The van der Waals surface area contributed by atoms with Gasteiger partial charge in [-0.15, -0.1) is 11.3 Å². The minimum atomic E-state index is -0.629. The molecule has 4 aliphatic heterocycles. The van der Waals surface area contributed by atoms with Crippen molar-refractivity contribution in [2.45, 2.75) is 49.7 Å². The zero-order valence-corrected chi connectivity index (χ0v) is 24.9. The number of aromatic nitrogens is 2. The number of nitrogen functional groups attached to an aromatic ring is 1. The molecule has 4 saturated heterocycles. The first-order chi connectivity index (χ1) is 20.8. The van der Waals surface area contributed by atoms with E-state index >= 15 is 4.39 Å². The number of nitrogens with one attached hydrogen (secondary N) is 1. The summed E-state index contributed by atoms with van der Waals surface area (Å²) in [4.78, 5) is 13.9. The maximum Gasteiger partial charge on any atom is 0.319 e. The molecule has 8 rings (SSSR count). The van der Waals surface area contributed by atoms with Crippen molar-refractivity contribution in [1.29, 1.82) is 0 Å². The van der Waals surface area contributed by atoms with Crippen LogP contribution in [-0.2, 0) is 0 Å². The Bertz CT molecular complexity index is 1800. The van der Waals surface area contributed by atoms with Crippen LogP contribution >= 0.6 is 22.9 Å². The predicted octanol–water partition coefficient (Wildman–Crippen LogP) is 6.44. The number of hydrogen-bond donors (Lipinski definition) is 2. The van der Waals surface area contributed by atoms with E-state index in [-0.39, 0.29) is 34.3 Å². The Labute approximate surface area is 255 Å². The maximum absolute atomic E-state index is 16.8. The van der Waals surface area contributed by atoms with Crippen LogP contribution < -0.4 is 20.7 Å². The van der Waals surface area contributed by atoms with Crippen LogP contribution in [0.1, 0.15) is 32.1 Å². The van der Waals surface area contributed by atoms with Crippen molar-refractivity contribution in [3.8, 4) is 17.1 Å². The second kappa shape index (κ2) is 10.2. The second-order valence-corrected chi connectivity index (χ2v) is 13.8. The first-order valence-corrected chi connectivity index (χ1v) is 15.9. The molecule has 3 N–H and O–H groups in total. The average Bonchev–Trinajstić information content (AvgIpc) is 3.75. The van der Waals surface area contributed by atoms with E-state index in [1.54, 1.807) is 12.1 Å². The lowest BCUT2D eigenvalue weighted by molar-refractivity contribution is 0.108. The van der Waals surface area contributed by atoms with Crippen molar-refractivity contribution < 1.29 is 17.9 Å². The van der Waals surface area contributed by atoms with Crippen molar-refractivity contribution in [2.24, 2.45) is 0 Å². The lowest BCUT2D eigenvalue weighted by Gasteiger charge is -2.34. The van der Waals surface area contributed by atoms with Gasteiger partial charge in [0.1, 0.15) is 23.8 Å². The molecule has 2 bridgehead atoms. The molecule has 4 aliphatic rings. The van der Waals surface area contributed by atoms with Gasteiger partial charge in [-0.25, -0.2) is 13.2 Å². The third-order valence-electron chi connectivity index (χ3n) is 9.60. The lowest BCUT2D eigenvalue weighted by atomic mass is 9.94. The molecular weight excluding hydrogens is 597 g/mol. The van der Waals surface area contributed by atoms with Gasteiger partial charge < -0.3 is 20.7 Å². The molecule has 4 aromatic rings. The summed E-state index contributed by atoms with van der Waals surface area (Å²) in [6.45, 7) is 3.18. The van der Waals surface area contributed by atoms with Gasteiger partial charge in [0.05, 0.1) is 26.6 Å². The Hall–Kier alpha value is -3.12. The van der Waals surface area contributed by atoms with Crippen LogP contribution in [0.2, 0.25) is 5.02 Å². The van der Waals surface area contributed by atoms with Gasteiger partial charge in [-0.05, 0) is 68.0 Å². The summed E-state index contributed by atoms with van der Waals surface area (Å²) in [7, 11) is 0. The second-order valence-electron chi connectivity index (χ2n) is 12.3. The summed E-state index contributed by atoms with van der Waals surface area (Å²) in [5.41, 5.74) is 7.09. The average molecular weight is 627 g/mol. The molecule has 7 nitrogen and oxygen atoms in total. The van der Waals surface area contributed by atoms with Crippen LogP contribution in [0, 0.1) is 11.6 Å². The molecule has 3 atom stereocenters. The Morgan fingerprint density at radius 1 is 1.16 bits per heavy atom. The normalized spacial score (nSPS) is 26.3.